The Bertz CT molecular complexity index is 1430. The van der Waals surface area contributed by atoms with Crippen molar-refractivity contribution in [3.8, 4) is 18.1 Å². The molecule has 7 nitrogen and oxygen atoms in total. The molecular formula is C29H26ClFN4O3. The van der Waals surface area contributed by atoms with E-state index in [1.807, 2.05) is 4.90 Å². The number of nitrogens with zero attached hydrogens (tertiary/aromatic N) is 1. The maximum atomic E-state index is 15.1. The average molecular weight is 533 g/mol. The van der Waals surface area contributed by atoms with Gasteiger partial charge in [0.05, 0.1) is 23.9 Å². The minimum absolute atomic E-state index is 0.0210. The normalized spacial score (nSPS) is 12.8. The number of halogens is 2. The van der Waals surface area contributed by atoms with Gasteiger partial charge in [0.25, 0.3) is 11.8 Å². The Morgan fingerprint density at radius 1 is 1.00 bits per heavy atom. The predicted octanol–water partition coefficient (Wildman–Crippen LogP) is 5.78. The molecule has 0 atom stereocenters. The molecule has 0 aromatic heterocycles. The number of amidine groups is 1. The molecule has 0 saturated carbocycles. The first-order valence-corrected chi connectivity index (χ1v) is 12.4. The summed E-state index contributed by atoms with van der Waals surface area (Å²) < 4.78 is 20.4. The van der Waals surface area contributed by atoms with Gasteiger partial charge in [0.1, 0.15) is 17.4 Å². The maximum absolute atomic E-state index is 15.1. The van der Waals surface area contributed by atoms with Gasteiger partial charge in [-0.25, -0.2) is 4.39 Å². The maximum Gasteiger partial charge on any atom is 0.258 e. The second kappa shape index (κ2) is 11.8. The number of likely N-dealkylation sites (tertiary alicyclic amines) is 1. The summed E-state index contributed by atoms with van der Waals surface area (Å²) in [6.45, 7) is 1.50. The molecule has 3 aromatic carbocycles. The number of rotatable bonds is 6. The van der Waals surface area contributed by atoms with Crippen molar-refractivity contribution in [2.45, 2.75) is 19.3 Å². The Morgan fingerprint density at radius 2 is 1.68 bits per heavy atom. The monoisotopic (exact) mass is 532 g/mol. The molecule has 1 fully saturated rings. The number of benzene rings is 3. The lowest BCUT2D eigenvalue weighted by Crippen LogP contribution is -2.35. The summed E-state index contributed by atoms with van der Waals surface area (Å²) in [6, 6.07) is 13.5. The lowest BCUT2D eigenvalue weighted by Gasteiger charge is -2.29. The summed E-state index contributed by atoms with van der Waals surface area (Å²) in [4.78, 5) is 28.2. The molecule has 2 amide bonds. The number of carbonyl (C=O) groups excluding carboxylic acids is 2. The number of hydrogen-bond acceptors (Lipinski definition) is 4. The standard InChI is InChI=1S/C29H26ClFN4O3/c1-3-18-7-10-21(11-8-18)33-29(37)23-16-20(30)17-25(38-2)26(23)34-28(36)22-12-9-19(15-24(22)31)27(32)35-13-5-4-6-14-35/h1,7-12,15-17,32H,4-6,13-14H2,2H3,(H,33,37)(H,34,36). The van der Waals surface area contributed by atoms with Gasteiger partial charge in [-0.3, -0.25) is 15.0 Å². The van der Waals surface area contributed by atoms with Gasteiger partial charge in [0.2, 0.25) is 0 Å². The first-order chi connectivity index (χ1) is 18.3. The van der Waals surface area contributed by atoms with Crippen LogP contribution >= 0.6 is 11.6 Å². The van der Waals surface area contributed by atoms with Crippen molar-refractivity contribution in [2.75, 3.05) is 30.8 Å². The number of hydrogen-bond donors (Lipinski definition) is 3. The molecule has 0 bridgehead atoms. The highest BCUT2D eigenvalue weighted by atomic mass is 35.5. The lowest BCUT2D eigenvalue weighted by atomic mass is 10.1. The number of terminal acetylenes is 1. The fourth-order valence-electron chi connectivity index (χ4n) is 4.23. The molecule has 1 aliphatic rings. The fourth-order valence-corrected chi connectivity index (χ4v) is 4.43. The zero-order chi connectivity index (χ0) is 27.2. The van der Waals surface area contributed by atoms with Crippen LogP contribution in [0.1, 0.15) is 51.1 Å². The fraction of sp³-hybridized carbons (Fsp3) is 0.207. The van der Waals surface area contributed by atoms with Gasteiger partial charge in [-0.2, -0.15) is 0 Å². The van der Waals surface area contributed by atoms with Crippen LogP contribution in [0.15, 0.2) is 54.6 Å². The minimum atomic E-state index is -0.786. The highest BCUT2D eigenvalue weighted by Crippen LogP contribution is 2.34. The third-order valence-electron chi connectivity index (χ3n) is 6.24. The van der Waals surface area contributed by atoms with Crippen LogP contribution in [-0.4, -0.2) is 42.7 Å². The summed E-state index contributed by atoms with van der Waals surface area (Å²) in [5.74, 6) is 0.715. The van der Waals surface area contributed by atoms with Crippen molar-refractivity contribution < 1.29 is 18.7 Å². The van der Waals surface area contributed by atoms with Gasteiger partial charge in [-0.15, -0.1) is 6.42 Å². The quantitative estimate of drug-likeness (QED) is 0.213. The SMILES string of the molecule is C#Cc1ccc(NC(=O)c2cc(Cl)cc(OC)c2NC(=O)c2ccc(C(=N)N3CCCCC3)cc2F)cc1. The van der Waals surface area contributed by atoms with Gasteiger partial charge >= 0.3 is 0 Å². The number of ether oxygens (including phenoxy) is 1. The second-order valence-corrected chi connectivity index (χ2v) is 9.19. The van der Waals surface area contributed by atoms with E-state index in [-0.39, 0.29) is 33.4 Å². The number of amides is 2. The minimum Gasteiger partial charge on any atom is -0.494 e. The van der Waals surface area contributed by atoms with Crippen LogP contribution in [0.2, 0.25) is 5.02 Å². The number of anilines is 2. The van der Waals surface area contributed by atoms with Gasteiger partial charge < -0.3 is 20.3 Å². The summed E-state index contributed by atoms with van der Waals surface area (Å²) in [5.41, 5.74) is 1.33. The van der Waals surface area contributed by atoms with Gasteiger partial charge in [0.15, 0.2) is 0 Å². The van der Waals surface area contributed by atoms with E-state index in [9.17, 15) is 9.59 Å². The molecule has 0 radical (unpaired) electrons. The highest BCUT2D eigenvalue weighted by molar-refractivity contribution is 6.31. The van der Waals surface area contributed by atoms with E-state index >= 15 is 4.39 Å². The largest absolute Gasteiger partial charge is 0.494 e. The zero-order valence-electron chi connectivity index (χ0n) is 20.7. The molecule has 194 valence electrons. The van der Waals surface area contributed by atoms with Crippen LogP contribution in [0.25, 0.3) is 0 Å². The topological polar surface area (TPSA) is 94.5 Å². The summed E-state index contributed by atoms with van der Waals surface area (Å²) in [5, 5.41) is 14.0. The van der Waals surface area contributed by atoms with E-state index < -0.39 is 17.6 Å². The molecule has 4 rings (SSSR count). The molecule has 0 unspecified atom stereocenters. The third kappa shape index (κ3) is 5.96. The van der Waals surface area contributed by atoms with Crippen molar-refractivity contribution >= 4 is 40.6 Å². The van der Waals surface area contributed by atoms with E-state index in [4.69, 9.17) is 28.2 Å². The van der Waals surface area contributed by atoms with Crippen LogP contribution in [0, 0.1) is 23.6 Å². The molecule has 0 spiro atoms. The van der Waals surface area contributed by atoms with Crippen molar-refractivity contribution in [1.82, 2.24) is 4.90 Å². The molecule has 9 heteroatoms. The zero-order valence-corrected chi connectivity index (χ0v) is 21.5. The van der Waals surface area contributed by atoms with Crippen molar-refractivity contribution in [3.63, 3.8) is 0 Å². The molecule has 3 aromatic rings. The smallest absolute Gasteiger partial charge is 0.258 e. The summed E-state index contributed by atoms with van der Waals surface area (Å²) >= 11 is 6.20. The van der Waals surface area contributed by atoms with Crippen LogP contribution < -0.4 is 15.4 Å². The first-order valence-electron chi connectivity index (χ1n) is 12.0. The second-order valence-electron chi connectivity index (χ2n) is 8.75. The Balaban J connectivity index is 1.59. The average Bonchev–Trinajstić information content (AvgIpc) is 2.93. The van der Waals surface area contributed by atoms with Crippen LogP contribution in [0.3, 0.4) is 0 Å². The van der Waals surface area contributed by atoms with E-state index in [1.54, 1.807) is 30.3 Å². The van der Waals surface area contributed by atoms with Gasteiger partial charge in [0, 0.05) is 41.0 Å². The Hall–Kier alpha value is -4.35. The Kier molecular flexibility index (Phi) is 8.29. The molecule has 0 aliphatic carbocycles. The third-order valence-corrected chi connectivity index (χ3v) is 6.46. The van der Waals surface area contributed by atoms with E-state index in [2.05, 4.69) is 16.6 Å². The van der Waals surface area contributed by atoms with E-state index in [1.165, 1.54) is 31.4 Å². The molecule has 1 saturated heterocycles. The number of piperidine rings is 1. The number of carbonyl (C=O) groups is 2. The van der Waals surface area contributed by atoms with Crippen LogP contribution in [0.4, 0.5) is 15.8 Å². The summed E-state index contributed by atoms with van der Waals surface area (Å²) in [6.07, 6.45) is 8.46. The van der Waals surface area contributed by atoms with E-state index in [0.717, 1.165) is 32.4 Å². The summed E-state index contributed by atoms with van der Waals surface area (Å²) in [7, 11) is 1.36. The highest BCUT2D eigenvalue weighted by Gasteiger charge is 2.23. The molecular weight excluding hydrogens is 507 g/mol. The number of methoxy groups -OCH3 is 1. The number of nitrogens with one attached hydrogen (secondary N) is 3. The van der Waals surface area contributed by atoms with Crippen molar-refractivity contribution in [1.29, 1.82) is 5.41 Å². The van der Waals surface area contributed by atoms with Gasteiger partial charge in [-0.05, 0) is 61.7 Å². The van der Waals surface area contributed by atoms with Crippen LogP contribution in [0.5, 0.6) is 5.75 Å². The lowest BCUT2D eigenvalue weighted by molar-refractivity contribution is 0.102. The Morgan fingerprint density at radius 3 is 2.32 bits per heavy atom. The van der Waals surface area contributed by atoms with Gasteiger partial charge in [-0.1, -0.05) is 23.6 Å². The van der Waals surface area contributed by atoms with Crippen LogP contribution in [-0.2, 0) is 0 Å². The first kappa shape index (κ1) is 26.7. The predicted molar refractivity (Wildman–Crippen MR) is 147 cm³/mol. The van der Waals surface area contributed by atoms with Crippen molar-refractivity contribution in [3.05, 3.63) is 87.7 Å². The molecule has 3 N–H and O–H groups in total. The van der Waals surface area contributed by atoms with Crippen molar-refractivity contribution in [2.24, 2.45) is 0 Å². The Labute approximate surface area is 225 Å². The molecule has 38 heavy (non-hydrogen) atoms. The van der Waals surface area contributed by atoms with E-state index in [0.29, 0.717) is 16.8 Å². The molecule has 1 heterocycles. The molecule has 1 aliphatic heterocycles.